The van der Waals surface area contributed by atoms with Crippen LogP contribution in [0.2, 0.25) is 0 Å². The van der Waals surface area contributed by atoms with E-state index in [1.165, 1.54) is 0 Å². The third-order valence-electron chi connectivity index (χ3n) is 5.56. The minimum Gasteiger partial charge on any atom is -0.379 e. The standard InChI is InChI=1S/C20H35N5O2/c1-20(2,3)18-4-5-19(26)25(21-18)13-12-23-8-6-22(7-9-23)10-11-24-14-16-27-17-15-24/h4-5H,6-17H2,1-3H3. The first-order valence-corrected chi connectivity index (χ1v) is 10.3. The molecule has 0 aromatic carbocycles. The molecule has 2 saturated heterocycles. The van der Waals surface area contributed by atoms with Gasteiger partial charge < -0.3 is 4.74 Å². The van der Waals surface area contributed by atoms with E-state index in [0.29, 0.717) is 6.54 Å². The van der Waals surface area contributed by atoms with Crippen molar-refractivity contribution in [3.8, 4) is 0 Å². The van der Waals surface area contributed by atoms with Crippen LogP contribution < -0.4 is 5.56 Å². The normalized spacial score (nSPS) is 20.9. The lowest BCUT2D eigenvalue weighted by atomic mass is 9.92. The van der Waals surface area contributed by atoms with Gasteiger partial charge in [-0.15, -0.1) is 0 Å². The Kier molecular flexibility index (Phi) is 7.03. The fourth-order valence-corrected chi connectivity index (χ4v) is 3.59. The molecule has 0 amide bonds. The van der Waals surface area contributed by atoms with E-state index >= 15 is 0 Å². The summed E-state index contributed by atoms with van der Waals surface area (Å²) < 4.78 is 7.04. The topological polar surface area (TPSA) is 53.8 Å². The minimum absolute atomic E-state index is 0.00727. The molecule has 152 valence electrons. The number of ether oxygens (including phenoxy) is 1. The second-order valence-corrected chi connectivity index (χ2v) is 8.67. The molecule has 27 heavy (non-hydrogen) atoms. The van der Waals surface area contributed by atoms with Gasteiger partial charge in [-0.05, 0) is 6.07 Å². The Morgan fingerprint density at radius 3 is 1.93 bits per heavy atom. The number of aromatic nitrogens is 2. The zero-order valence-electron chi connectivity index (χ0n) is 17.2. The highest BCUT2D eigenvalue weighted by Gasteiger charge is 2.19. The molecular formula is C20H35N5O2. The van der Waals surface area contributed by atoms with Crippen molar-refractivity contribution in [3.63, 3.8) is 0 Å². The highest BCUT2D eigenvalue weighted by molar-refractivity contribution is 5.10. The summed E-state index contributed by atoms with van der Waals surface area (Å²) in [6.07, 6.45) is 0. The number of hydrogen-bond acceptors (Lipinski definition) is 6. The molecule has 0 aliphatic carbocycles. The van der Waals surface area contributed by atoms with Crippen LogP contribution in [-0.2, 0) is 16.7 Å². The molecule has 2 aliphatic rings. The second kappa shape index (κ2) is 9.28. The molecule has 2 fully saturated rings. The highest BCUT2D eigenvalue weighted by Crippen LogP contribution is 2.18. The van der Waals surface area contributed by atoms with Crippen molar-refractivity contribution in [3.05, 3.63) is 28.2 Å². The summed E-state index contributed by atoms with van der Waals surface area (Å²) in [4.78, 5) is 19.6. The van der Waals surface area contributed by atoms with E-state index in [1.54, 1.807) is 10.7 Å². The third-order valence-corrected chi connectivity index (χ3v) is 5.56. The van der Waals surface area contributed by atoms with E-state index in [9.17, 15) is 4.79 Å². The van der Waals surface area contributed by atoms with Crippen molar-refractivity contribution in [2.75, 3.05) is 72.1 Å². The largest absolute Gasteiger partial charge is 0.379 e. The van der Waals surface area contributed by atoms with Crippen LogP contribution in [0.25, 0.3) is 0 Å². The first-order chi connectivity index (χ1) is 12.9. The highest BCUT2D eigenvalue weighted by atomic mass is 16.5. The number of piperazine rings is 1. The monoisotopic (exact) mass is 377 g/mol. The molecule has 0 radical (unpaired) electrons. The maximum absolute atomic E-state index is 12.1. The van der Waals surface area contributed by atoms with Crippen LogP contribution in [0.4, 0.5) is 0 Å². The van der Waals surface area contributed by atoms with Gasteiger partial charge in [-0.3, -0.25) is 19.5 Å². The second-order valence-electron chi connectivity index (χ2n) is 8.67. The van der Waals surface area contributed by atoms with Gasteiger partial charge in [0.15, 0.2) is 0 Å². The lowest BCUT2D eigenvalue weighted by Gasteiger charge is -2.36. The van der Waals surface area contributed by atoms with Gasteiger partial charge in [0.1, 0.15) is 0 Å². The van der Waals surface area contributed by atoms with E-state index in [-0.39, 0.29) is 11.0 Å². The van der Waals surface area contributed by atoms with E-state index in [4.69, 9.17) is 4.74 Å². The molecule has 7 nitrogen and oxygen atoms in total. The zero-order chi connectivity index (χ0) is 19.3. The molecule has 0 bridgehead atoms. The molecule has 0 spiro atoms. The SMILES string of the molecule is CC(C)(C)c1ccc(=O)n(CCN2CCN(CCN3CCOCC3)CC2)n1. The fourth-order valence-electron chi connectivity index (χ4n) is 3.59. The average molecular weight is 378 g/mol. The average Bonchev–Trinajstić information content (AvgIpc) is 2.66. The van der Waals surface area contributed by atoms with Crippen molar-refractivity contribution in [1.82, 2.24) is 24.5 Å². The van der Waals surface area contributed by atoms with Crippen LogP contribution in [0.5, 0.6) is 0 Å². The van der Waals surface area contributed by atoms with Crippen LogP contribution in [-0.4, -0.2) is 96.6 Å². The number of hydrogen-bond donors (Lipinski definition) is 0. The Morgan fingerprint density at radius 1 is 0.852 bits per heavy atom. The zero-order valence-corrected chi connectivity index (χ0v) is 17.2. The lowest BCUT2D eigenvalue weighted by molar-refractivity contribution is 0.0298. The minimum atomic E-state index is -0.0401. The summed E-state index contributed by atoms with van der Waals surface area (Å²) in [5.74, 6) is 0. The van der Waals surface area contributed by atoms with Crippen molar-refractivity contribution >= 4 is 0 Å². The van der Waals surface area contributed by atoms with Crippen LogP contribution >= 0.6 is 0 Å². The molecule has 1 aromatic heterocycles. The van der Waals surface area contributed by atoms with Crippen LogP contribution in [0, 0.1) is 0 Å². The van der Waals surface area contributed by atoms with E-state index < -0.39 is 0 Å². The summed E-state index contributed by atoms with van der Waals surface area (Å²) in [6.45, 7) is 18.4. The summed E-state index contributed by atoms with van der Waals surface area (Å²) >= 11 is 0. The van der Waals surface area contributed by atoms with Crippen molar-refractivity contribution in [1.29, 1.82) is 0 Å². The predicted octanol–water partition coefficient (Wildman–Crippen LogP) is 0.491. The molecule has 0 saturated carbocycles. The fraction of sp³-hybridized carbons (Fsp3) is 0.800. The van der Waals surface area contributed by atoms with Gasteiger partial charge >= 0.3 is 0 Å². The van der Waals surface area contributed by atoms with Crippen LogP contribution in [0.1, 0.15) is 26.5 Å². The van der Waals surface area contributed by atoms with Gasteiger partial charge in [0.2, 0.25) is 0 Å². The Balaban J connectivity index is 1.41. The van der Waals surface area contributed by atoms with Gasteiger partial charge in [0, 0.05) is 70.4 Å². The number of rotatable bonds is 6. The van der Waals surface area contributed by atoms with E-state index in [2.05, 4.69) is 40.6 Å². The van der Waals surface area contributed by atoms with Gasteiger partial charge in [0.25, 0.3) is 5.56 Å². The Hall–Kier alpha value is -1.28. The Morgan fingerprint density at radius 2 is 1.37 bits per heavy atom. The molecule has 3 rings (SSSR count). The first-order valence-electron chi connectivity index (χ1n) is 10.3. The third kappa shape index (κ3) is 6.10. The van der Waals surface area contributed by atoms with Crippen LogP contribution in [0.3, 0.4) is 0 Å². The Bertz CT molecular complexity index is 641. The molecular weight excluding hydrogens is 342 g/mol. The van der Waals surface area contributed by atoms with Gasteiger partial charge in [-0.1, -0.05) is 20.8 Å². The number of nitrogens with zero attached hydrogens (tertiary/aromatic N) is 5. The van der Waals surface area contributed by atoms with Crippen molar-refractivity contribution in [2.24, 2.45) is 0 Å². The molecule has 0 unspecified atom stereocenters. The van der Waals surface area contributed by atoms with Gasteiger partial charge in [0.05, 0.1) is 25.5 Å². The molecule has 3 heterocycles. The molecule has 7 heteroatoms. The smallest absolute Gasteiger partial charge is 0.266 e. The Labute approximate surface area is 162 Å². The summed E-state index contributed by atoms with van der Waals surface area (Å²) in [5, 5.41) is 4.58. The first kappa shape index (κ1) is 20.5. The summed E-state index contributed by atoms with van der Waals surface area (Å²) in [6, 6.07) is 3.50. The van der Waals surface area contributed by atoms with Gasteiger partial charge in [-0.25, -0.2) is 4.68 Å². The molecule has 0 atom stereocenters. The molecule has 1 aromatic rings. The quantitative estimate of drug-likeness (QED) is 0.719. The van der Waals surface area contributed by atoms with Crippen molar-refractivity contribution < 1.29 is 4.74 Å². The number of morpholine rings is 1. The maximum atomic E-state index is 12.1. The van der Waals surface area contributed by atoms with Crippen LogP contribution in [0.15, 0.2) is 16.9 Å². The van der Waals surface area contributed by atoms with Crippen molar-refractivity contribution in [2.45, 2.75) is 32.7 Å². The lowest BCUT2D eigenvalue weighted by Crippen LogP contribution is -2.50. The maximum Gasteiger partial charge on any atom is 0.266 e. The molecule has 2 aliphatic heterocycles. The summed E-state index contributed by atoms with van der Waals surface area (Å²) in [5.41, 5.74) is 0.920. The summed E-state index contributed by atoms with van der Waals surface area (Å²) in [7, 11) is 0. The van der Waals surface area contributed by atoms with E-state index in [0.717, 1.165) is 77.8 Å². The van der Waals surface area contributed by atoms with Gasteiger partial charge in [-0.2, -0.15) is 5.10 Å². The van der Waals surface area contributed by atoms with E-state index in [1.807, 2.05) is 6.07 Å². The predicted molar refractivity (Wildman–Crippen MR) is 107 cm³/mol. The molecule has 0 N–H and O–H groups in total.